The molecule has 0 bridgehead atoms. The van der Waals surface area contributed by atoms with Crippen LogP contribution in [0.3, 0.4) is 0 Å². The quantitative estimate of drug-likeness (QED) is 0.405. The molecule has 5 rings (SSSR count). The summed E-state index contributed by atoms with van der Waals surface area (Å²) in [4.78, 5) is 12.3. The number of aromatic nitrogens is 2. The smallest absolute Gasteiger partial charge is 0.243 e. The summed E-state index contributed by atoms with van der Waals surface area (Å²) in [7, 11) is -3.71. The number of halogens is 1. The van der Waals surface area contributed by atoms with E-state index in [0.717, 1.165) is 39.2 Å². The summed E-state index contributed by atoms with van der Waals surface area (Å²) in [6.45, 7) is 5.95. The highest BCUT2D eigenvalue weighted by Gasteiger charge is 2.28. The first-order chi connectivity index (χ1) is 16.8. The molecule has 0 atom stereocenters. The van der Waals surface area contributed by atoms with E-state index in [1.807, 2.05) is 30.3 Å². The molecule has 1 aromatic heterocycles. The summed E-state index contributed by atoms with van der Waals surface area (Å²) < 4.78 is 41.2. The third-order valence-corrected chi connectivity index (χ3v) is 8.43. The van der Waals surface area contributed by atoms with Gasteiger partial charge in [0.25, 0.3) is 0 Å². The monoisotopic (exact) mass is 490 g/mol. The van der Waals surface area contributed by atoms with Gasteiger partial charge < -0.3 is 4.90 Å². The molecule has 0 amide bonds. The van der Waals surface area contributed by atoms with Gasteiger partial charge in [-0.25, -0.2) is 22.8 Å². The third-order valence-electron chi connectivity index (χ3n) is 6.51. The number of sulfonamides is 1. The Balaban J connectivity index is 1.51. The normalized spacial score (nSPS) is 15.3. The minimum Gasteiger partial charge on any atom is -0.353 e. The van der Waals surface area contributed by atoms with Crippen LogP contribution < -0.4 is 4.90 Å². The van der Waals surface area contributed by atoms with E-state index in [1.54, 1.807) is 0 Å². The van der Waals surface area contributed by atoms with E-state index >= 15 is 0 Å². The van der Waals surface area contributed by atoms with Crippen LogP contribution in [0, 0.1) is 19.7 Å². The fourth-order valence-electron chi connectivity index (χ4n) is 4.41. The number of hydrogen-bond acceptors (Lipinski definition) is 5. The lowest BCUT2D eigenvalue weighted by atomic mass is 10.1. The van der Waals surface area contributed by atoms with Crippen molar-refractivity contribution in [3.05, 3.63) is 83.7 Å². The highest BCUT2D eigenvalue weighted by molar-refractivity contribution is 7.89. The Bertz CT molecular complexity index is 1480. The zero-order valence-electron chi connectivity index (χ0n) is 19.8. The van der Waals surface area contributed by atoms with Gasteiger partial charge >= 0.3 is 0 Å². The van der Waals surface area contributed by atoms with E-state index in [1.165, 1.54) is 28.6 Å². The predicted molar refractivity (Wildman–Crippen MR) is 136 cm³/mol. The predicted octanol–water partition coefficient (Wildman–Crippen LogP) is 4.95. The summed E-state index contributed by atoms with van der Waals surface area (Å²) in [6.07, 6.45) is 0.640. The van der Waals surface area contributed by atoms with Gasteiger partial charge in [0.2, 0.25) is 10.0 Å². The minimum atomic E-state index is -3.71. The average molecular weight is 491 g/mol. The molecule has 4 aromatic rings. The highest BCUT2D eigenvalue weighted by Crippen LogP contribution is 2.31. The Labute approximate surface area is 205 Å². The first-order valence-electron chi connectivity index (χ1n) is 11.7. The molecule has 1 fully saturated rings. The summed E-state index contributed by atoms with van der Waals surface area (Å²) in [5.74, 6) is 0.299. The van der Waals surface area contributed by atoms with E-state index < -0.39 is 15.8 Å². The second-order valence-corrected chi connectivity index (χ2v) is 10.8. The van der Waals surface area contributed by atoms with Gasteiger partial charge in [-0.1, -0.05) is 30.3 Å². The molecule has 0 unspecified atom stereocenters. The van der Waals surface area contributed by atoms with Gasteiger partial charge in [-0.15, -0.1) is 0 Å². The van der Waals surface area contributed by atoms with Crippen LogP contribution in [-0.2, 0) is 10.0 Å². The zero-order valence-corrected chi connectivity index (χ0v) is 20.6. The molecule has 0 N–H and O–H groups in total. The molecule has 0 spiro atoms. The molecule has 180 valence electrons. The lowest BCUT2D eigenvalue weighted by Gasteiger charge is -2.25. The lowest BCUT2D eigenvalue weighted by Crippen LogP contribution is -2.35. The average Bonchev–Trinajstić information content (AvgIpc) is 3.12. The number of anilines is 1. The number of fused-ring (bicyclic) bond motifs is 1. The van der Waals surface area contributed by atoms with Crippen LogP contribution in [0.25, 0.3) is 22.3 Å². The standard InChI is InChI=1S/C27H27FN4O2S/c1-19-17-24-25(18-20(19)2)30-27(26(29-24)21-7-4-3-5-8-21)31-13-6-14-32(16-15-31)35(33,34)23-11-9-22(28)10-12-23/h3-5,7-12,17-18H,6,13-16H2,1-2H3. The second kappa shape index (κ2) is 9.36. The maximum atomic E-state index is 13.3. The van der Waals surface area contributed by atoms with Crippen molar-refractivity contribution in [1.29, 1.82) is 0 Å². The SMILES string of the molecule is Cc1cc2nc(-c3ccccc3)c(N3CCCN(S(=O)(=O)c4ccc(F)cc4)CC3)nc2cc1C. The molecular weight excluding hydrogens is 463 g/mol. The van der Waals surface area contributed by atoms with Crippen molar-refractivity contribution in [3.63, 3.8) is 0 Å². The highest BCUT2D eigenvalue weighted by atomic mass is 32.2. The molecule has 2 heterocycles. The molecular formula is C27H27FN4O2S. The molecule has 6 nitrogen and oxygen atoms in total. The fourth-order valence-corrected chi connectivity index (χ4v) is 5.88. The third kappa shape index (κ3) is 4.63. The first kappa shape index (κ1) is 23.4. The van der Waals surface area contributed by atoms with Crippen LogP contribution in [0.2, 0.25) is 0 Å². The number of benzene rings is 3. The van der Waals surface area contributed by atoms with Crippen molar-refractivity contribution in [2.24, 2.45) is 0 Å². The van der Waals surface area contributed by atoms with Crippen molar-refractivity contribution in [2.45, 2.75) is 25.2 Å². The number of aryl methyl sites for hydroxylation is 2. The van der Waals surface area contributed by atoms with Crippen molar-refractivity contribution >= 4 is 26.9 Å². The summed E-state index contributed by atoms with van der Waals surface area (Å²) in [5.41, 5.74) is 5.73. The molecule has 0 aliphatic carbocycles. The van der Waals surface area contributed by atoms with Gasteiger partial charge in [-0.3, -0.25) is 0 Å². The van der Waals surface area contributed by atoms with Gasteiger partial charge in [0, 0.05) is 31.7 Å². The van der Waals surface area contributed by atoms with E-state index in [-0.39, 0.29) is 4.90 Å². The molecule has 0 saturated carbocycles. The van der Waals surface area contributed by atoms with Crippen LogP contribution >= 0.6 is 0 Å². The van der Waals surface area contributed by atoms with Gasteiger partial charge in [-0.05, 0) is 67.8 Å². The maximum Gasteiger partial charge on any atom is 0.243 e. The van der Waals surface area contributed by atoms with Crippen molar-refractivity contribution < 1.29 is 12.8 Å². The van der Waals surface area contributed by atoms with E-state index in [9.17, 15) is 12.8 Å². The Kier molecular flexibility index (Phi) is 6.25. The number of nitrogens with zero attached hydrogens (tertiary/aromatic N) is 4. The molecule has 1 aliphatic rings. The van der Waals surface area contributed by atoms with Crippen LogP contribution in [0.15, 0.2) is 71.6 Å². The Morgan fingerprint density at radius 3 is 2.14 bits per heavy atom. The van der Waals surface area contributed by atoms with E-state index in [4.69, 9.17) is 9.97 Å². The van der Waals surface area contributed by atoms with Crippen molar-refractivity contribution in [3.8, 4) is 11.3 Å². The maximum absolute atomic E-state index is 13.3. The van der Waals surface area contributed by atoms with E-state index in [2.05, 4.69) is 30.9 Å². The second-order valence-electron chi connectivity index (χ2n) is 8.89. The molecule has 35 heavy (non-hydrogen) atoms. The fraction of sp³-hybridized carbons (Fsp3) is 0.259. The van der Waals surface area contributed by atoms with Crippen LogP contribution in [-0.4, -0.2) is 48.9 Å². The Morgan fingerprint density at radius 2 is 1.46 bits per heavy atom. The molecule has 1 aliphatic heterocycles. The summed E-state index contributed by atoms with van der Waals surface area (Å²) >= 11 is 0. The number of hydrogen-bond donors (Lipinski definition) is 0. The van der Waals surface area contributed by atoms with E-state index in [0.29, 0.717) is 32.6 Å². The lowest BCUT2D eigenvalue weighted by molar-refractivity contribution is 0.433. The van der Waals surface area contributed by atoms with Gasteiger partial charge in [0.05, 0.1) is 15.9 Å². The molecule has 8 heteroatoms. The van der Waals surface area contributed by atoms with Gasteiger partial charge in [0.15, 0.2) is 5.82 Å². The minimum absolute atomic E-state index is 0.105. The van der Waals surface area contributed by atoms with Crippen LogP contribution in [0.4, 0.5) is 10.2 Å². The largest absolute Gasteiger partial charge is 0.353 e. The first-order valence-corrected chi connectivity index (χ1v) is 13.1. The van der Waals surface area contributed by atoms with Crippen LogP contribution in [0.5, 0.6) is 0 Å². The van der Waals surface area contributed by atoms with Crippen LogP contribution in [0.1, 0.15) is 17.5 Å². The number of rotatable bonds is 4. The van der Waals surface area contributed by atoms with Crippen molar-refractivity contribution in [1.82, 2.24) is 14.3 Å². The molecule has 0 radical (unpaired) electrons. The molecule has 3 aromatic carbocycles. The Hall–Kier alpha value is -3.36. The summed E-state index contributed by atoms with van der Waals surface area (Å²) in [5, 5.41) is 0. The van der Waals surface area contributed by atoms with Crippen molar-refractivity contribution in [2.75, 3.05) is 31.1 Å². The zero-order chi connectivity index (χ0) is 24.6. The molecule has 1 saturated heterocycles. The topological polar surface area (TPSA) is 66.4 Å². The Morgan fingerprint density at radius 1 is 0.800 bits per heavy atom. The summed E-state index contributed by atoms with van der Waals surface area (Å²) in [6, 6.07) is 19.1. The van der Waals surface area contributed by atoms with Gasteiger partial charge in [-0.2, -0.15) is 4.31 Å². The van der Waals surface area contributed by atoms with Gasteiger partial charge in [0.1, 0.15) is 11.5 Å².